The molecular weight excluding hydrogens is 308 g/mol. The molecule has 1 aromatic carbocycles. The van der Waals surface area contributed by atoms with E-state index in [0.717, 1.165) is 24.8 Å². The number of benzene rings is 1. The highest BCUT2D eigenvalue weighted by Gasteiger charge is 2.17. The zero-order chi connectivity index (χ0) is 18.1. The van der Waals surface area contributed by atoms with Crippen LogP contribution in [0, 0.1) is 5.92 Å². The number of aromatic nitrogens is 1. The van der Waals surface area contributed by atoms with Gasteiger partial charge in [-0.15, -0.1) is 0 Å². The molecule has 0 saturated carbocycles. The molecule has 0 aliphatic heterocycles. The number of carbonyl (C=O) groups excluding carboxylic acids is 1. The second-order valence-electron chi connectivity index (χ2n) is 6.88. The van der Waals surface area contributed by atoms with Crippen molar-refractivity contribution in [1.29, 1.82) is 0 Å². The Kier molecular flexibility index (Phi) is 7.65. The number of aryl methyl sites for hydroxylation is 1. The summed E-state index contributed by atoms with van der Waals surface area (Å²) in [7, 11) is 0. The highest BCUT2D eigenvalue weighted by atomic mass is 16.2. The molecule has 1 atom stereocenters. The molecule has 1 heterocycles. The number of rotatable bonds is 9. The molecule has 3 nitrogen and oxygen atoms in total. The van der Waals surface area contributed by atoms with Gasteiger partial charge in [0.15, 0.2) is 0 Å². The predicted octanol–water partition coefficient (Wildman–Crippen LogP) is 5.00. The molecule has 1 amide bonds. The minimum absolute atomic E-state index is 0.226. The van der Waals surface area contributed by atoms with Crippen LogP contribution in [-0.2, 0) is 24.3 Å². The zero-order valence-electron chi connectivity index (χ0n) is 15.7. The third-order valence-electron chi connectivity index (χ3n) is 4.56. The van der Waals surface area contributed by atoms with Crippen LogP contribution in [0.3, 0.4) is 0 Å². The van der Waals surface area contributed by atoms with E-state index in [0.29, 0.717) is 25.4 Å². The first-order valence-corrected chi connectivity index (χ1v) is 9.36. The largest absolute Gasteiger partial charge is 0.334 e. The van der Waals surface area contributed by atoms with Gasteiger partial charge in [-0.2, -0.15) is 0 Å². The highest BCUT2D eigenvalue weighted by Crippen LogP contribution is 2.17. The maximum atomic E-state index is 12.9. The van der Waals surface area contributed by atoms with Crippen molar-refractivity contribution in [3.05, 3.63) is 65.5 Å². The van der Waals surface area contributed by atoms with Crippen LogP contribution in [-0.4, -0.2) is 15.8 Å². The summed E-state index contributed by atoms with van der Waals surface area (Å²) in [6.07, 6.45) is 7.47. The van der Waals surface area contributed by atoms with E-state index in [1.54, 1.807) is 6.20 Å². The molecule has 0 aliphatic rings. The van der Waals surface area contributed by atoms with Crippen LogP contribution in [0.15, 0.2) is 48.8 Å². The van der Waals surface area contributed by atoms with E-state index in [1.807, 2.05) is 23.2 Å². The number of hydrogen-bond donors (Lipinski definition) is 0. The fourth-order valence-corrected chi connectivity index (χ4v) is 3.07. The normalized spacial score (nSPS) is 12.0. The molecule has 0 N–H and O–H groups in total. The maximum Gasteiger partial charge on any atom is 0.223 e. The zero-order valence-corrected chi connectivity index (χ0v) is 15.7. The van der Waals surface area contributed by atoms with Crippen molar-refractivity contribution in [3.63, 3.8) is 0 Å². The quantitative estimate of drug-likeness (QED) is 0.644. The first kappa shape index (κ1) is 19.2. The topological polar surface area (TPSA) is 33.2 Å². The van der Waals surface area contributed by atoms with Crippen molar-refractivity contribution >= 4 is 5.91 Å². The second kappa shape index (κ2) is 9.97. The van der Waals surface area contributed by atoms with Gasteiger partial charge in [0.2, 0.25) is 5.91 Å². The monoisotopic (exact) mass is 338 g/mol. The molecule has 0 aliphatic carbocycles. The molecule has 0 fully saturated rings. The molecule has 1 aromatic heterocycles. The van der Waals surface area contributed by atoms with Crippen LogP contribution in [0.4, 0.5) is 0 Å². The molecule has 1 unspecified atom stereocenters. The number of nitrogens with zero attached hydrogens (tertiary/aromatic N) is 2. The third-order valence-corrected chi connectivity index (χ3v) is 4.56. The Morgan fingerprint density at radius 2 is 1.72 bits per heavy atom. The summed E-state index contributed by atoms with van der Waals surface area (Å²) in [5, 5.41) is 0. The lowest BCUT2D eigenvalue weighted by Gasteiger charge is -2.24. The van der Waals surface area contributed by atoms with E-state index < -0.39 is 0 Å². The molecule has 0 bridgehead atoms. The predicted molar refractivity (Wildman–Crippen MR) is 103 cm³/mol. The minimum atomic E-state index is 0.226. The summed E-state index contributed by atoms with van der Waals surface area (Å²) in [5.41, 5.74) is 3.58. The Hall–Kier alpha value is -2.16. The van der Waals surface area contributed by atoms with Gasteiger partial charge in [0.05, 0.1) is 0 Å². The van der Waals surface area contributed by atoms with Crippen molar-refractivity contribution in [2.45, 2.75) is 59.5 Å². The molecule has 0 spiro atoms. The smallest absolute Gasteiger partial charge is 0.223 e. The molecule has 0 radical (unpaired) electrons. The van der Waals surface area contributed by atoms with Crippen LogP contribution in [0.1, 0.15) is 56.7 Å². The van der Waals surface area contributed by atoms with Crippen LogP contribution in [0.5, 0.6) is 0 Å². The SMILES string of the molecule is CCCC(C)CC(=O)N(Cc1ccc(CC)cc1)Cc1cccnc1. The summed E-state index contributed by atoms with van der Waals surface area (Å²) in [4.78, 5) is 19.0. The van der Waals surface area contributed by atoms with E-state index in [2.05, 4.69) is 50.0 Å². The summed E-state index contributed by atoms with van der Waals surface area (Å²) in [5.74, 6) is 0.653. The van der Waals surface area contributed by atoms with E-state index in [1.165, 1.54) is 11.1 Å². The van der Waals surface area contributed by atoms with E-state index in [9.17, 15) is 4.79 Å². The van der Waals surface area contributed by atoms with Gasteiger partial charge in [-0.3, -0.25) is 9.78 Å². The van der Waals surface area contributed by atoms with Crippen molar-refractivity contribution in [2.75, 3.05) is 0 Å². The summed E-state index contributed by atoms with van der Waals surface area (Å²) >= 11 is 0. The Morgan fingerprint density at radius 1 is 1.04 bits per heavy atom. The van der Waals surface area contributed by atoms with E-state index >= 15 is 0 Å². The standard InChI is InChI=1S/C22H30N2O/c1-4-7-18(3)14-22(25)24(17-21-8-6-13-23-15-21)16-20-11-9-19(5-2)10-12-20/h6,8-13,15,18H,4-5,7,14,16-17H2,1-3H3. The first-order valence-electron chi connectivity index (χ1n) is 9.36. The molecule has 25 heavy (non-hydrogen) atoms. The Morgan fingerprint density at radius 3 is 2.32 bits per heavy atom. The van der Waals surface area contributed by atoms with Gasteiger partial charge < -0.3 is 4.90 Å². The summed E-state index contributed by atoms with van der Waals surface area (Å²) in [6, 6.07) is 12.5. The lowest BCUT2D eigenvalue weighted by molar-refractivity contribution is -0.133. The lowest BCUT2D eigenvalue weighted by atomic mass is 10.0. The molecular formula is C22H30N2O. The van der Waals surface area contributed by atoms with Crippen molar-refractivity contribution in [3.8, 4) is 0 Å². The van der Waals surface area contributed by atoms with Gasteiger partial charge >= 0.3 is 0 Å². The van der Waals surface area contributed by atoms with Crippen molar-refractivity contribution in [1.82, 2.24) is 9.88 Å². The number of carbonyl (C=O) groups is 1. The summed E-state index contributed by atoms with van der Waals surface area (Å²) in [6.45, 7) is 7.75. The summed E-state index contributed by atoms with van der Waals surface area (Å²) < 4.78 is 0. The van der Waals surface area contributed by atoms with Gasteiger partial charge in [-0.25, -0.2) is 0 Å². The average Bonchev–Trinajstić information content (AvgIpc) is 2.63. The Balaban J connectivity index is 2.11. The van der Waals surface area contributed by atoms with Gasteiger partial charge in [0.1, 0.15) is 0 Å². The van der Waals surface area contributed by atoms with Gasteiger partial charge in [0.25, 0.3) is 0 Å². The molecule has 0 saturated heterocycles. The second-order valence-corrected chi connectivity index (χ2v) is 6.88. The fourth-order valence-electron chi connectivity index (χ4n) is 3.07. The fraction of sp³-hybridized carbons (Fsp3) is 0.455. The van der Waals surface area contributed by atoms with Crippen molar-refractivity contribution < 1.29 is 4.79 Å². The van der Waals surface area contributed by atoms with Crippen LogP contribution in [0.2, 0.25) is 0 Å². The van der Waals surface area contributed by atoms with Crippen LogP contribution >= 0.6 is 0 Å². The molecule has 2 aromatic rings. The van der Waals surface area contributed by atoms with Gasteiger partial charge in [0, 0.05) is 31.9 Å². The molecule has 134 valence electrons. The van der Waals surface area contributed by atoms with Crippen LogP contribution < -0.4 is 0 Å². The molecule has 3 heteroatoms. The lowest BCUT2D eigenvalue weighted by Crippen LogP contribution is -2.31. The average molecular weight is 338 g/mol. The minimum Gasteiger partial charge on any atom is -0.334 e. The first-order chi connectivity index (χ1) is 12.1. The number of pyridine rings is 1. The number of amides is 1. The number of hydrogen-bond acceptors (Lipinski definition) is 2. The molecule has 2 rings (SSSR count). The maximum absolute atomic E-state index is 12.9. The highest BCUT2D eigenvalue weighted by molar-refractivity contribution is 5.76. The Bertz CT molecular complexity index is 637. The van der Waals surface area contributed by atoms with Crippen molar-refractivity contribution in [2.24, 2.45) is 5.92 Å². The third kappa shape index (κ3) is 6.33. The van der Waals surface area contributed by atoms with Gasteiger partial charge in [-0.1, -0.05) is 63.9 Å². The van der Waals surface area contributed by atoms with Crippen LogP contribution in [0.25, 0.3) is 0 Å². The van der Waals surface area contributed by atoms with E-state index in [4.69, 9.17) is 0 Å². The van der Waals surface area contributed by atoms with E-state index in [-0.39, 0.29) is 5.91 Å². The van der Waals surface area contributed by atoms with Gasteiger partial charge in [-0.05, 0) is 35.1 Å². The Labute approximate surface area is 152 Å².